The predicted octanol–water partition coefficient (Wildman–Crippen LogP) is -0.738. The van der Waals surface area contributed by atoms with Crippen molar-refractivity contribution in [3.63, 3.8) is 0 Å². The Bertz CT molecular complexity index is 261. The van der Waals surface area contributed by atoms with Crippen LogP contribution in [0.25, 0.3) is 0 Å². The van der Waals surface area contributed by atoms with E-state index in [0.717, 1.165) is 6.26 Å². The van der Waals surface area contributed by atoms with Gasteiger partial charge in [0.2, 0.25) is 10.0 Å². The topological polar surface area (TPSA) is 86.6 Å². The summed E-state index contributed by atoms with van der Waals surface area (Å²) in [5, 5.41) is 17.6. The van der Waals surface area contributed by atoms with Crippen LogP contribution in [0.4, 0.5) is 0 Å². The summed E-state index contributed by atoms with van der Waals surface area (Å²) in [6.07, 6.45) is 0.900. The SMILES string of the molecule is [CH2]C(C)(CCC(O)CO)NS(C)(=O)=O. The summed E-state index contributed by atoms with van der Waals surface area (Å²) in [6, 6.07) is 0. The summed E-state index contributed by atoms with van der Waals surface area (Å²) in [6.45, 7) is 4.98. The Morgan fingerprint density at radius 2 is 2.07 bits per heavy atom. The van der Waals surface area contributed by atoms with Crippen molar-refractivity contribution in [2.45, 2.75) is 31.4 Å². The van der Waals surface area contributed by atoms with Crippen molar-refractivity contribution in [1.29, 1.82) is 0 Å². The van der Waals surface area contributed by atoms with Gasteiger partial charge in [-0.2, -0.15) is 0 Å². The van der Waals surface area contributed by atoms with Gasteiger partial charge >= 0.3 is 0 Å². The molecule has 0 spiro atoms. The number of hydrogen-bond acceptors (Lipinski definition) is 4. The Morgan fingerprint density at radius 3 is 2.43 bits per heavy atom. The van der Waals surface area contributed by atoms with Gasteiger partial charge in [0.15, 0.2) is 0 Å². The summed E-state index contributed by atoms with van der Waals surface area (Å²) in [4.78, 5) is 0. The standard InChI is InChI=1S/C8H18NO4S/c1-8(2,9-14(3,12)13)5-4-7(11)6-10/h7,9-11H,1,4-6H2,2-3H3. The Balaban J connectivity index is 4.08. The van der Waals surface area contributed by atoms with Crippen molar-refractivity contribution >= 4 is 10.0 Å². The van der Waals surface area contributed by atoms with Crippen LogP contribution in [-0.4, -0.2) is 43.1 Å². The summed E-state index contributed by atoms with van der Waals surface area (Å²) in [7, 11) is -3.29. The Labute approximate surface area is 85.2 Å². The molecule has 0 amide bonds. The number of rotatable bonds is 6. The van der Waals surface area contributed by atoms with Gasteiger partial charge in [-0.1, -0.05) is 0 Å². The average molecular weight is 224 g/mol. The molecule has 0 aromatic heterocycles. The lowest BCUT2D eigenvalue weighted by atomic mass is 9.98. The molecule has 0 heterocycles. The number of sulfonamides is 1. The lowest BCUT2D eigenvalue weighted by molar-refractivity contribution is 0.0825. The molecule has 2 atom stereocenters. The van der Waals surface area contributed by atoms with Gasteiger partial charge in [-0.15, -0.1) is 0 Å². The smallest absolute Gasteiger partial charge is 0.209 e. The number of hydrogen-bond donors (Lipinski definition) is 3. The summed E-state index contributed by atoms with van der Waals surface area (Å²) < 4.78 is 24.1. The third-order valence-electron chi connectivity index (χ3n) is 1.67. The Hall–Kier alpha value is -0.170. The maximum atomic E-state index is 10.9. The van der Waals surface area contributed by atoms with E-state index in [2.05, 4.69) is 11.6 Å². The minimum absolute atomic E-state index is 0.305. The zero-order chi connectivity index (χ0) is 11.4. The number of aliphatic hydroxyl groups is 2. The molecule has 0 aliphatic rings. The minimum Gasteiger partial charge on any atom is -0.394 e. The van der Waals surface area contributed by atoms with Gasteiger partial charge in [-0.25, -0.2) is 13.1 Å². The van der Waals surface area contributed by atoms with Crippen LogP contribution in [0.5, 0.6) is 0 Å². The van der Waals surface area contributed by atoms with E-state index in [1.165, 1.54) is 0 Å². The lowest BCUT2D eigenvalue weighted by Crippen LogP contribution is -2.43. The number of aliphatic hydroxyl groups excluding tert-OH is 2. The van der Waals surface area contributed by atoms with E-state index in [9.17, 15) is 8.42 Å². The highest BCUT2D eigenvalue weighted by Gasteiger charge is 2.22. The maximum Gasteiger partial charge on any atom is 0.209 e. The molecule has 0 aromatic rings. The molecule has 0 aromatic carbocycles. The molecule has 85 valence electrons. The van der Waals surface area contributed by atoms with Crippen LogP contribution in [0.3, 0.4) is 0 Å². The molecular formula is C8H18NO4S. The third-order valence-corrected chi connectivity index (χ3v) is 2.54. The van der Waals surface area contributed by atoms with E-state index < -0.39 is 21.7 Å². The molecule has 0 saturated heterocycles. The van der Waals surface area contributed by atoms with Crippen LogP contribution in [0.15, 0.2) is 0 Å². The fourth-order valence-electron chi connectivity index (χ4n) is 1.08. The monoisotopic (exact) mass is 224 g/mol. The second-order valence-corrected chi connectivity index (χ2v) is 5.56. The fraction of sp³-hybridized carbons (Fsp3) is 0.875. The van der Waals surface area contributed by atoms with E-state index in [4.69, 9.17) is 10.2 Å². The van der Waals surface area contributed by atoms with E-state index >= 15 is 0 Å². The van der Waals surface area contributed by atoms with Gasteiger partial charge in [0.1, 0.15) is 0 Å². The van der Waals surface area contributed by atoms with Crippen molar-refractivity contribution in [2.24, 2.45) is 0 Å². The van der Waals surface area contributed by atoms with Crippen LogP contribution >= 0.6 is 0 Å². The molecule has 0 aliphatic heterocycles. The van der Waals surface area contributed by atoms with Gasteiger partial charge in [-0.3, -0.25) is 0 Å². The molecule has 0 bridgehead atoms. The average Bonchev–Trinajstić information content (AvgIpc) is 1.96. The zero-order valence-electron chi connectivity index (χ0n) is 8.52. The summed E-state index contributed by atoms with van der Waals surface area (Å²) in [5.74, 6) is 0. The molecule has 1 radical (unpaired) electrons. The predicted molar refractivity (Wildman–Crippen MR) is 54.1 cm³/mol. The van der Waals surface area contributed by atoms with Gasteiger partial charge in [0.05, 0.1) is 19.0 Å². The molecule has 0 saturated carbocycles. The largest absolute Gasteiger partial charge is 0.394 e. The highest BCUT2D eigenvalue weighted by molar-refractivity contribution is 7.88. The minimum atomic E-state index is -3.29. The molecule has 6 heteroatoms. The molecule has 14 heavy (non-hydrogen) atoms. The van der Waals surface area contributed by atoms with Gasteiger partial charge in [-0.05, 0) is 26.7 Å². The first-order valence-electron chi connectivity index (χ1n) is 4.29. The highest BCUT2D eigenvalue weighted by atomic mass is 32.2. The molecule has 5 nitrogen and oxygen atoms in total. The normalized spacial score (nSPS) is 15.5. The first kappa shape index (κ1) is 13.8. The third kappa shape index (κ3) is 7.25. The second-order valence-electron chi connectivity index (χ2n) is 3.81. The zero-order valence-corrected chi connectivity index (χ0v) is 9.34. The van der Waals surface area contributed by atoms with Crippen molar-refractivity contribution in [3.8, 4) is 0 Å². The van der Waals surface area contributed by atoms with Crippen LogP contribution in [-0.2, 0) is 10.0 Å². The first-order chi connectivity index (χ1) is 6.16. The quantitative estimate of drug-likeness (QED) is 0.555. The van der Waals surface area contributed by atoms with E-state index in [1.54, 1.807) is 6.92 Å². The van der Waals surface area contributed by atoms with Gasteiger partial charge in [0, 0.05) is 5.54 Å². The second kappa shape index (κ2) is 5.06. The van der Waals surface area contributed by atoms with E-state index in [0.29, 0.717) is 12.8 Å². The van der Waals surface area contributed by atoms with E-state index in [1.807, 2.05) is 0 Å². The molecule has 3 N–H and O–H groups in total. The lowest BCUT2D eigenvalue weighted by Gasteiger charge is -2.25. The van der Waals surface area contributed by atoms with Crippen molar-refractivity contribution in [1.82, 2.24) is 4.72 Å². The first-order valence-corrected chi connectivity index (χ1v) is 6.19. The summed E-state index contributed by atoms with van der Waals surface area (Å²) >= 11 is 0. The molecule has 0 aliphatic carbocycles. The van der Waals surface area contributed by atoms with Crippen LogP contribution in [0, 0.1) is 6.92 Å². The Morgan fingerprint density at radius 1 is 1.57 bits per heavy atom. The van der Waals surface area contributed by atoms with Crippen LogP contribution < -0.4 is 4.72 Å². The highest BCUT2D eigenvalue weighted by Crippen LogP contribution is 2.13. The van der Waals surface area contributed by atoms with E-state index in [-0.39, 0.29) is 6.61 Å². The van der Waals surface area contributed by atoms with Crippen LogP contribution in [0.2, 0.25) is 0 Å². The van der Waals surface area contributed by atoms with Gasteiger partial charge in [0.25, 0.3) is 0 Å². The maximum absolute atomic E-state index is 10.9. The fourth-order valence-corrected chi connectivity index (χ4v) is 2.07. The molecular weight excluding hydrogens is 206 g/mol. The van der Waals surface area contributed by atoms with Crippen LogP contribution in [0.1, 0.15) is 19.8 Å². The number of nitrogens with one attached hydrogen (secondary N) is 1. The van der Waals surface area contributed by atoms with Crippen molar-refractivity contribution < 1.29 is 18.6 Å². The van der Waals surface area contributed by atoms with Crippen molar-refractivity contribution in [2.75, 3.05) is 12.9 Å². The molecule has 2 unspecified atom stereocenters. The van der Waals surface area contributed by atoms with Crippen molar-refractivity contribution in [3.05, 3.63) is 6.92 Å². The van der Waals surface area contributed by atoms with Gasteiger partial charge < -0.3 is 10.2 Å². The molecule has 0 rings (SSSR count). The summed E-state index contributed by atoms with van der Waals surface area (Å²) in [5.41, 5.74) is -0.844. The Kier molecular flexibility index (Phi) is 5.00. The molecule has 0 fully saturated rings.